The minimum absolute atomic E-state index is 0.0284. The summed E-state index contributed by atoms with van der Waals surface area (Å²) < 4.78 is 0. The summed E-state index contributed by atoms with van der Waals surface area (Å²) in [6.45, 7) is 3.59. The number of nitrogens with one attached hydrogen (secondary N) is 3. The van der Waals surface area contributed by atoms with Gasteiger partial charge in [0.1, 0.15) is 5.82 Å². The van der Waals surface area contributed by atoms with Crippen LogP contribution in [0.2, 0.25) is 0 Å². The zero-order valence-electron chi connectivity index (χ0n) is 12.0. The minimum atomic E-state index is 0.0284. The highest BCUT2D eigenvalue weighted by atomic mass is 16.1. The molecular formula is C15H19N5O. The van der Waals surface area contributed by atoms with E-state index in [1.54, 1.807) is 0 Å². The van der Waals surface area contributed by atoms with Gasteiger partial charge in [-0.25, -0.2) is 4.98 Å². The van der Waals surface area contributed by atoms with Crippen LogP contribution < -0.4 is 10.6 Å². The van der Waals surface area contributed by atoms with Crippen LogP contribution in [-0.2, 0) is 4.79 Å². The molecule has 2 heterocycles. The molecule has 2 aromatic rings. The summed E-state index contributed by atoms with van der Waals surface area (Å²) in [7, 11) is 0. The SMILES string of the molecule is Cc1nc(-c2ccccc2NC(=O)[C@@H]2CCCNC2)n[nH]1. The minimum Gasteiger partial charge on any atom is -0.325 e. The van der Waals surface area contributed by atoms with Crippen molar-refractivity contribution < 1.29 is 4.79 Å². The second kappa shape index (κ2) is 6.05. The summed E-state index contributed by atoms with van der Waals surface area (Å²) in [5, 5.41) is 13.3. The van der Waals surface area contributed by atoms with Gasteiger partial charge >= 0.3 is 0 Å². The van der Waals surface area contributed by atoms with Crippen LogP contribution in [0, 0.1) is 12.8 Å². The molecule has 3 rings (SSSR count). The van der Waals surface area contributed by atoms with E-state index in [4.69, 9.17) is 0 Å². The number of hydrogen-bond acceptors (Lipinski definition) is 4. The van der Waals surface area contributed by atoms with E-state index in [1.807, 2.05) is 31.2 Å². The molecule has 1 saturated heterocycles. The van der Waals surface area contributed by atoms with Crippen LogP contribution in [0.1, 0.15) is 18.7 Å². The third-order valence-electron chi connectivity index (χ3n) is 3.69. The van der Waals surface area contributed by atoms with Crippen LogP contribution >= 0.6 is 0 Å². The van der Waals surface area contributed by atoms with Crippen LogP contribution in [0.4, 0.5) is 5.69 Å². The van der Waals surface area contributed by atoms with E-state index >= 15 is 0 Å². The number of benzene rings is 1. The van der Waals surface area contributed by atoms with Gasteiger partial charge < -0.3 is 10.6 Å². The lowest BCUT2D eigenvalue weighted by Crippen LogP contribution is -2.37. The average molecular weight is 285 g/mol. The lowest BCUT2D eigenvalue weighted by molar-refractivity contribution is -0.120. The van der Waals surface area contributed by atoms with E-state index in [0.29, 0.717) is 5.82 Å². The van der Waals surface area contributed by atoms with Crippen LogP contribution in [0.25, 0.3) is 11.4 Å². The number of rotatable bonds is 3. The summed E-state index contributed by atoms with van der Waals surface area (Å²) in [4.78, 5) is 16.7. The number of aryl methyl sites for hydroxylation is 1. The molecule has 6 heteroatoms. The molecule has 0 bridgehead atoms. The van der Waals surface area contributed by atoms with Crippen molar-refractivity contribution in [2.45, 2.75) is 19.8 Å². The van der Waals surface area contributed by atoms with Crippen LogP contribution in [0.15, 0.2) is 24.3 Å². The second-order valence-corrected chi connectivity index (χ2v) is 5.32. The zero-order chi connectivity index (χ0) is 14.7. The fourth-order valence-electron chi connectivity index (χ4n) is 2.56. The van der Waals surface area contributed by atoms with Gasteiger partial charge in [0.15, 0.2) is 5.82 Å². The van der Waals surface area contributed by atoms with E-state index in [0.717, 1.165) is 43.0 Å². The largest absolute Gasteiger partial charge is 0.325 e. The number of amides is 1. The predicted octanol–water partition coefficient (Wildman–Crippen LogP) is 1.72. The number of H-pyrrole nitrogens is 1. The number of piperidine rings is 1. The van der Waals surface area contributed by atoms with Crippen molar-refractivity contribution in [2.75, 3.05) is 18.4 Å². The van der Waals surface area contributed by atoms with Gasteiger partial charge in [-0.05, 0) is 38.4 Å². The van der Waals surface area contributed by atoms with Gasteiger partial charge in [-0.1, -0.05) is 12.1 Å². The Morgan fingerprint density at radius 1 is 1.38 bits per heavy atom. The third kappa shape index (κ3) is 3.11. The average Bonchev–Trinajstić information content (AvgIpc) is 2.95. The molecule has 0 saturated carbocycles. The Hall–Kier alpha value is -2.21. The van der Waals surface area contributed by atoms with Crippen molar-refractivity contribution >= 4 is 11.6 Å². The number of para-hydroxylation sites is 1. The Kier molecular flexibility index (Phi) is 3.96. The number of aromatic amines is 1. The first-order valence-electron chi connectivity index (χ1n) is 7.24. The van der Waals surface area contributed by atoms with Crippen LogP contribution in [0.5, 0.6) is 0 Å². The Morgan fingerprint density at radius 2 is 2.24 bits per heavy atom. The molecule has 0 radical (unpaired) electrons. The summed E-state index contributed by atoms with van der Waals surface area (Å²) in [6, 6.07) is 7.61. The molecule has 1 atom stereocenters. The topological polar surface area (TPSA) is 82.7 Å². The summed E-state index contributed by atoms with van der Waals surface area (Å²) in [6.07, 6.45) is 1.97. The Balaban J connectivity index is 1.80. The van der Waals surface area contributed by atoms with Crippen molar-refractivity contribution in [1.82, 2.24) is 20.5 Å². The molecule has 1 aromatic carbocycles. The number of aromatic nitrogens is 3. The second-order valence-electron chi connectivity index (χ2n) is 5.32. The lowest BCUT2D eigenvalue weighted by Gasteiger charge is -2.22. The monoisotopic (exact) mass is 285 g/mol. The highest BCUT2D eigenvalue weighted by Gasteiger charge is 2.22. The fourth-order valence-corrected chi connectivity index (χ4v) is 2.56. The maximum Gasteiger partial charge on any atom is 0.228 e. The standard InChI is InChI=1S/C15H19N5O/c1-10-17-14(20-19-10)12-6-2-3-7-13(12)18-15(21)11-5-4-8-16-9-11/h2-3,6-7,11,16H,4-5,8-9H2,1H3,(H,18,21)(H,17,19,20)/t11-/m1/s1. The third-order valence-corrected chi connectivity index (χ3v) is 3.69. The van der Waals surface area contributed by atoms with Gasteiger partial charge in [0.05, 0.1) is 11.6 Å². The molecule has 0 spiro atoms. The molecular weight excluding hydrogens is 266 g/mol. The van der Waals surface area contributed by atoms with E-state index in [9.17, 15) is 4.79 Å². The molecule has 1 fully saturated rings. The smallest absolute Gasteiger partial charge is 0.228 e. The van der Waals surface area contributed by atoms with E-state index in [1.165, 1.54) is 0 Å². The molecule has 21 heavy (non-hydrogen) atoms. The highest BCUT2D eigenvalue weighted by Crippen LogP contribution is 2.25. The molecule has 0 aliphatic carbocycles. The molecule has 110 valence electrons. The van der Waals surface area contributed by atoms with E-state index in [-0.39, 0.29) is 11.8 Å². The molecule has 6 nitrogen and oxygen atoms in total. The Labute approximate surface area is 123 Å². The first kappa shape index (κ1) is 13.8. The molecule has 1 aliphatic heterocycles. The summed E-state index contributed by atoms with van der Waals surface area (Å²) >= 11 is 0. The number of anilines is 1. The maximum absolute atomic E-state index is 12.4. The Morgan fingerprint density at radius 3 is 2.95 bits per heavy atom. The van der Waals surface area contributed by atoms with Crippen molar-refractivity contribution in [3.63, 3.8) is 0 Å². The van der Waals surface area contributed by atoms with Gasteiger partial charge in [-0.3, -0.25) is 9.89 Å². The van der Waals surface area contributed by atoms with Crippen molar-refractivity contribution in [3.8, 4) is 11.4 Å². The molecule has 1 aliphatic rings. The number of hydrogen-bond donors (Lipinski definition) is 3. The predicted molar refractivity (Wildman–Crippen MR) is 80.8 cm³/mol. The number of nitrogens with zero attached hydrogens (tertiary/aromatic N) is 2. The van der Waals surface area contributed by atoms with Crippen molar-refractivity contribution in [1.29, 1.82) is 0 Å². The van der Waals surface area contributed by atoms with E-state index in [2.05, 4.69) is 25.8 Å². The van der Waals surface area contributed by atoms with Crippen LogP contribution in [0.3, 0.4) is 0 Å². The van der Waals surface area contributed by atoms with Gasteiger partial charge in [0.25, 0.3) is 0 Å². The van der Waals surface area contributed by atoms with Crippen LogP contribution in [-0.4, -0.2) is 34.2 Å². The number of carbonyl (C=O) groups excluding carboxylic acids is 1. The molecule has 3 N–H and O–H groups in total. The van der Waals surface area contributed by atoms with Gasteiger partial charge in [0, 0.05) is 12.1 Å². The summed E-state index contributed by atoms with van der Waals surface area (Å²) in [5.74, 6) is 1.44. The quantitative estimate of drug-likeness (QED) is 0.802. The van der Waals surface area contributed by atoms with Gasteiger partial charge in [-0.2, -0.15) is 5.10 Å². The zero-order valence-corrected chi connectivity index (χ0v) is 12.0. The maximum atomic E-state index is 12.4. The van der Waals surface area contributed by atoms with Gasteiger partial charge in [0.2, 0.25) is 5.91 Å². The van der Waals surface area contributed by atoms with Crippen molar-refractivity contribution in [2.24, 2.45) is 5.92 Å². The Bertz CT molecular complexity index is 630. The van der Waals surface area contributed by atoms with Crippen molar-refractivity contribution in [3.05, 3.63) is 30.1 Å². The normalized spacial score (nSPS) is 18.4. The fraction of sp³-hybridized carbons (Fsp3) is 0.400. The molecule has 1 aromatic heterocycles. The lowest BCUT2D eigenvalue weighted by atomic mass is 9.98. The van der Waals surface area contributed by atoms with E-state index < -0.39 is 0 Å². The molecule has 0 unspecified atom stereocenters. The summed E-state index contributed by atoms with van der Waals surface area (Å²) in [5.41, 5.74) is 1.59. The first-order chi connectivity index (χ1) is 10.2. The first-order valence-corrected chi connectivity index (χ1v) is 7.24. The highest BCUT2D eigenvalue weighted by molar-refractivity contribution is 5.96. The molecule has 1 amide bonds. The number of carbonyl (C=O) groups is 1. The van der Waals surface area contributed by atoms with Gasteiger partial charge in [-0.15, -0.1) is 0 Å².